The summed E-state index contributed by atoms with van der Waals surface area (Å²) in [5.74, 6) is 2.90. The molecule has 2 fully saturated rings. The SMILES string of the molecule is CC.CC(C)(C)C1C2CN(c3ccc4c(c3)CCCC4)CC21. The molecule has 22 heavy (non-hydrogen) atoms. The Bertz CT molecular complexity index is 513. The molecule has 1 nitrogen and oxygen atoms in total. The average molecular weight is 300 g/mol. The summed E-state index contributed by atoms with van der Waals surface area (Å²) >= 11 is 0. The van der Waals surface area contributed by atoms with E-state index >= 15 is 0 Å². The van der Waals surface area contributed by atoms with Crippen LogP contribution in [0.2, 0.25) is 0 Å². The van der Waals surface area contributed by atoms with Crippen molar-refractivity contribution in [2.75, 3.05) is 18.0 Å². The normalized spacial score (nSPS) is 29.3. The van der Waals surface area contributed by atoms with Crippen molar-refractivity contribution in [3.8, 4) is 0 Å². The summed E-state index contributed by atoms with van der Waals surface area (Å²) < 4.78 is 0. The maximum Gasteiger partial charge on any atom is 0.0369 e. The van der Waals surface area contributed by atoms with Crippen LogP contribution in [0, 0.1) is 23.2 Å². The molecule has 0 bridgehead atoms. The Morgan fingerprint density at radius 3 is 2.09 bits per heavy atom. The summed E-state index contributed by atoms with van der Waals surface area (Å²) in [4.78, 5) is 2.65. The van der Waals surface area contributed by atoms with Gasteiger partial charge < -0.3 is 4.90 Å². The minimum atomic E-state index is 0.511. The topological polar surface area (TPSA) is 3.24 Å². The van der Waals surface area contributed by atoms with Gasteiger partial charge in [0.1, 0.15) is 0 Å². The average Bonchev–Trinajstić information content (AvgIpc) is 3.06. The molecule has 4 rings (SSSR count). The van der Waals surface area contributed by atoms with Gasteiger partial charge in [0, 0.05) is 18.8 Å². The quantitative estimate of drug-likeness (QED) is 0.678. The van der Waals surface area contributed by atoms with E-state index in [9.17, 15) is 0 Å². The predicted octanol–water partition coefficient (Wildman–Crippen LogP) is 5.32. The van der Waals surface area contributed by atoms with Crippen LogP contribution < -0.4 is 4.90 Å². The number of fused-ring (bicyclic) bond motifs is 2. The number of aryl methyl sites for hydroxylation is 2. The molecule has 1 aliphatic heterocycles. The summed E-state index contributed by atoms with van der Waals surface area (Å²) in [6, 6.07) is 7.27. The van der Waals surface area contributed by atoms with Crippen LogP contribution in [0.25, 0.3) is 0 Å². The van der Waals surface area contributed by atoms with E-state index in [1.807, 2.05) is 13.8 Å². The summed E-state index contributed by atoms with van der Waals surface area (Å²) in [5.41, 5.74) is 5.24. The molecule has 3 aliphatic rings. The van der Waals surface area contributed by atoms with Crippen molar-refractivity contribution in [3.05, 3.63) is 29.3 Å². The molecule has 2 aliphatic carbocycles. The van der Waals surface area contributed by atoms with Gasteiger partial charge >= 0.3 is 0 Å². The first kappa shape index (κ1) is 15.9. The Morgan fingerprint density at radius 2 is 1.50 bits per heavy atom. The lowest BCUT2D eigenvalue weighted by Gasteiger charge is -2.28. The Kier molecular flexibility index (Phi) is 4.27. The lowest BCUT2D eigenvalue weighted by Crippen LogP contribution is -2.27. The van der Waals surface area contributed by atoms with Gasteiger partial charge in [-0.15, -0.1) is 0 Å². The zero-order valence-electron chi connectivity index (χ0n) is 15.2. The molecule has 2 atom stereocenters. The van der Waals surface area contributed by atoms with Crippen molar-refractivity contribution in [1.29, 1.82) is 0 Å². The molecule has 0 spiro atoms. The van der Waals surface area contributed by atoms with Crippen LogP contribution in [0.15, 0.2) is 18.2 Å². The van der Waals surface area contributed by atoms with Gasteiger partial charge in [-0.3, -0.25) is 0 Å². The third-order valence-electron chi connectivity index (χ3n) is 5.89. The highest BCUT2D eigenvalue weighted by molar-refractivity contribution is 5.53. The molecular weight excluding hydrogens is 266 g/mol. The van der Waals surface area contributed by atoms with Crippen LogP contribution in [0.4, 0.5) is 5.69 Å². The second-order valence-electron chi connectivity index (χ2n) is 8.28. The number of hydrogen-bond donors (Lipinski definition) is 0. The second kappa shape index (κ2) is 5.91. The largest absolute Gasteiger partial charge is 0.371 e. The molecule has 1 heteroatoms. The first-order valence-electron chi connectivity index (χ1n) is 9.41. The first-order chi connectivity index (χ1) is 10.5. The van der Waals surface area contributed by atoms with Gasteiger partial charge in [-0.05, 0) is 72.1 Å². The van der Waals surface area contributed by atoms with Crippen LogP contribution >= 0.6 is 0 Å². The molecule has 1 saturated carbocycles. The number of piperidine rings is 1. The highest BCUT2D eigenvalue weighted by atomic mass is 15.2. The third kappa shape index (κ3) is 2.79. The van der Waals surface area contributed by atoms with Crippen molar-refractivity contribution in [1.82, 2.24) is 0 Å². The molecule has 1 aromatic rings. The summed E-state index contributed by atoms with van der Waals surface area (Å²) in [5, 5.41) is 0. The minimum Gasteiger partial charge on any atom is -0.371 e. The summed E-state index contributed by atoms with van der Waals surface area (Å²) in [6.07, 6.45) is 5.36. The lowest BCUT2D eigenvalue weighted by atomic mass is 9.87. The van der Waals surface area contributed by atoms with Crippen molar-refractivity contribution in [2.24, 2.45) is 23.2 Å². The highest BCUT2D eigenvalue weighted by Gasteiger charge is 2.59. The maximum absolute atomic E-state index is 2.65. The van der Waals surface area contributed by atoms with E-state index in [4.69, 9.17) is 0 Å². The monoisotopic (exact) mass is 299 g/mol. The molecule has 1 saturated heterocycles. The van der Waals surface area contributed by atoms with Gasteiger partial charge in [-0.25, -0.2) is 0 Å². The fourth-order valence-corrected chi connectivity index (χ4v) is 4.94. The van der Waals surface area contributed by atoms with Crippen LogP contribution in [-0.4, -0.2) is 13.1 Å². The molecule has 1 heterocycles. The van der Waals surface area contributed by atoms with Gasteiger partial charge in [-0.2, -0.15) is 0 Å². The fraction of sp³-hybridized carbons (Fsp3) is 0.714. The van der Waals surface area contributed by atoms with Gasteiger partial charge in [-0.1, -0.05) is 40.7 Å². The molecule has 0 amide bonds. The van der Waals surface area contributed by atoms with E-state index in [1.165, 1.54) is 44.5 Å². The van der Waals surface area contributed by atoms with Gasteiger partial charge in [0.2, 0.25) is 0 Å². The third-order valence-corrected chi connectivity index (χ3v) is 5.89. The first-order valence-corrected chi connectivity index (χ1v) is 9.41. The number of hydrogen-bond acceptors (Lipinski definition) is 1. The number of benzene rings is 1. The molecule has 0 N–H and O–H groups in total. The van der Waals surface area contributed by atoms with E-state index in [0.29, 0.717) is 5.41 Å². The Balaban J connectivity index is 0.000000693. The van der Waals surface area contributed by atoms with Crippen LogP contribution in [0.3, 0.4) is 0 Å². The lowest BCUT2D eigenvalue weighted by molar-refractivity contribution is 0.309. The standard InChI is InChI=1S/C19H27N.C2H6/c1-19(2,3)18-16-11-20(12-17(16)18)15-9-8-13-6-4-5-7-14(13)10-15;1-2/h8-10,16-18H,4-7,11-12H2,1-3H3;1-2H3. The smallest absolute Gasteiger partial charge is 0.0369 e. The highest BCUT2D eigenvalue weighted by Crippen LogP contribution is 2.60. The fourth-order valence-electron chi connectivity index (χ4n) is 4.94. The molecular formula is C21H33N. The van der Waals surface area contributed by atoms with Crippen LogP contribution in [0.5, 0.6) is 0 Å². The second-order valence-corrected chi connectivity index (χ2v) is 8.28. The number of rotatable bonds is 1. The zero-order valence-corrected chi connectivity index (χ0v) is 15.2. The number of nitrogens with zero attached hydrogens (tertiary/aromatic N) is 1. The van der Waals surface area contributed by atoms with E-state index in [-0.39, 0.29) is 0 Å². The summed E-state index contributed by atoms with van der Waals surface area (Å²) in [6.45, 7) is 13.8. The van der Waals surface area contributed by atoms with E-state index < -0.39 is 0 Å². The van der Waals surface area contributed by atoms with Crippen molar-refractivity contribution in [3.63, 3.8) is 0 Å². The van der Waals surface area contributed by atoms with Crippen LogP contribution in [0.1, 0.15) is 58.6 Å². The van der Waals surface area contributed by atoms with E-state index in [2.05, 4.69) is 43.9 Å². The van der Waals surface area contributed by atoms with Crippen LogP contribution in [-0.2, 0) is 12.8 Å². The number of anilines is 1. The Labute approximate surface area is 137 Å². The van der Waals surface area contributed by atoms with E-state index in [1.54, 1.807) is 11.1 Å². The molecule has 122 valence electrons. The summed E-state index contributed by atoms with van der Waals surface area (Å²) in [7, 11) is 0. The maximum atomic E-state index is 2.65. The Morgan fingerprint density at radius 1 is 0.909 bits per heavy atom. The molecule has 0 radical (unpaired) electrons. The van der Waals surface area contributed by atoms with Gasteiger partial charge in [0.25, 0.3) is 0 Å². The van der Waals surface area contributed by atoms with E-state index in [0.717, 1.165) is 17.8 Å². The molecule has 1 aromatic carbocycles. The van der Waals surface area contributed by atoms with Crippen molar-refractivity contribution < 1.29 is 0 Å². The van der Waals surface area contributed by atoms with Crippen molar-refractivity contribution in [2.45, 2.75) is 60.3 Å². The molecule has 2 unspecified atom stereocenters. The van der Waals surface area contributed by atoms with Gasteiger partial charge in [0.05, 0.1) is 0 Å². The van der Waals surface area contributed by atoms with Gasteiger partial charge in [0.15, 0.2) is 0 Å². The van der Waals surface area contributed by atoms with Crippen molar-refractivity contribution >= 4 is 5.69 Å². The predicted molar refractivity (Wildman–Crippen MR) is 96.6 cm³/mol. The Hall–Kier alpha value is -0.980. The minimum absolute atomic E-state index is 0.511. The zero-order chi connectivity index (χ0) is 15.9. The molecule has 0 aromatic heterocycles.